The van der Waals surface area contributed by atoms with Crippen molar-refractivity contribution in [3.63, 3.8) is 0 Å². The van der Waals surface area contributed by atoms with Gasteiger partial charge in [0.2, 0.25) is 5.91 Å². The lowest BCUT2D eigenvalue weighted by Crippen LogP contribution is -3.03. The van der Waals surface area contributed by atoms with Crippen LogP contribution in [-0.4, -0.2) is 29.9 Å². The lowest BCUT2D eigenvalue weighted by molar-refractivity contribution is -0.718. The highest BCUT2D eigenvalue weighted by Crippen LogP contribution is 2.21. The number of halogens is 1. The molecule has 1 aromatic carbocycles. The molecule has 5 nitrogen and oxygen atoms in total. The van der Waals surface area contributed by atoms with E-state index in [4.69, 9.17) is 11.6 Å². The molecular weight excluding hydrogens is 314 g/mol. The third-order valence-corrected chi connectivity index (χ3v) is 5.08. The van der Waals surface area contributed by atoms with Crippen molar-refractivity contribution in [3.05, 3.63) is 28.8 Å². The normalized spacial score (nSPS) is 27.0. The summed E-state index contributed by atoms with van der Waals surface area (Å²) in [5.41, 5.74) is 1.65. The molecule has 6 heteroatoms. The van der Waals surface area contributed by atoms with Gasteiger partial charge in [-0.25, -0.2) is 0 Å². The molecule has 1 aliphatic carbocycles. The molecule has 23 heavy (non-hydrogen) atoms. The zero-order valence-corrected chi connectivity index (χ0v) is 14.0. The van der Waals surface area contributed by atoms with Crippen molar-refractivity contribution in [2.75, 3.05) is 5.32 Å². The average Bonchev–Trinajstić information content (AvgIpc) is 2.51. The van der Waals surface area contributed by atoms with Crippen LogP contribution >= 0.6 is 11.6 Å². The quantitative estimate of drug-likeness (QED) is 0.779. The first-order valence-electron chi connectivity index (χ1n) is 8.24. The number of amides is 2. The fourth-order valence-electron chi connectivity index (χ4n) is 3.54. The molecule has 0 aromatic heterocycles. The molecule has 1 aromatic rings. The topological polar surface area (TPSA) is 74.8 Å². The van der Waals surface area contributed by atoms with Gasteiger partial charge in [0.1, 0.15) is 6.04 Å². The Balaban J connectivity index is 1.61. The maximum Gasteiger partial charge on any atom is 0.279 e. The summed E-state index contributed by atoms with van der Waals surface area (Å²) in [6.45, 7) is 1.91. The molecule has 0 bridgehead atoms. The van der Waals surface area contributed by atoms with E-state index >= 15 is 0 Å². The van der Waals surface area contributed by atoms with Crippen molar-refractivity contribution in [1.29, 1.82) is 0 Å². The van der Waals surface area contributed by atoms with Crippen molar-refractivity contribution >= 4 is 29.1 Å². The molecule has 4 N–H and O–H groups in total. The number of hydrogen-bond donors (Lipinski definition) is 3. The number of hydrogen-bond acceptors (Lipinski definition) is 2. The van der Waals surface area contributed by atoms with Crippen molar-refractivity contribution in [2.45, 2.75) is 57.2 Å². The summed E-state index contributed by atoms with van der Waals surface area (Å²) in [7, 11) is 0. The van der Waals surface area contributed by atoms with Crippen LogP contribution in [0.4, 0.5) is 5.69 Å². The van der Waals surface area contributed by atoms with Crippen LogP contribution in [0, 0.1) is 6.92 Å². The molecule has 3 rings (SSSR count). The lowest BCUT2D eigenvalue weighted by Gasteiger charge is -2.37. The maximum absolute atomic E-state index is 12.3. The van der Waals surface area contributed by atoms with Crippen LogP contribution in [-0.2, 0) is 9.59 Å². The number of anilines is 1. The number of carbonyl (C=O) groups excluding carboxylic acids is 2. The number of piperazine rings is 1. The van der Waals surface area contributed by atoms with Crippen LogP contribution < -0.4 is 16.0 Å². The van der Waals surface area contributed by atoms with Gasteiger partial charge in [0.05, 0.1) is 12.5 Å². The summed E-state index contributed by atoms with van der Waals surface area (Å²) in [5.74, 6) is -0.174. The molecule has 124 valence electrons. The van der Waals surface area contributed by atoms with Crippen molar-refractivity contribution in [2.24, 2.45) is 0 Å². The largest absolute Gasteiger partial charge is 0.342 e. The van der Waals surface area contributed by atoms with Gasteiger partial charge in [-0.1, -0.05) is 24.1 Å². The molecule has 1 saturated heterocycles. The Kier molecular flexibility index (Phi) is 4.87. The zero-order valence-electron chi connectivity index (χ0n) is 13.3. The van der Waals surface area contributed by atoms with Crippen molar-refractivity contribution in [3.8, 4) is 0 Å². The van der Waals surface area contributed by atoms with Gasteiger partial charge < -0.3 is 16.0 Å². The first-order valence-corrected chi connectivity index (χ1v) is 8.62. The van der Waals surface area contributed by atoms with Gasteiger partial charge in [0.25, 0.3) is 5.91 Å². The Morgan fingerprint density at radius 1 is 1.39 bits per heavy atom. The van der Waals surface area contributed by atoms with Crippen LogP contribution in [0.5, 0.6) is 0 Å². The van der Waals surface area contributed by atoms with Gasteiger partial charge >= 0.3 is 0 Å². The highest BCUT2D eigenvalue weighted by molar-refractivity contribution is 6.31. The smallest absolute Gasteiger partial charge is 0.279 e. The van der Waals surface area contributed by atoms with E-state index in [1.807, 2.05) is 13.0 Å². The van der Waals surface area contributed by atoms with Gasteiger partial charge in [0, 0.05) is 17.1 Å². The first-order chi connectivity index (χ1) is 11.0. The fraction of sp³-hybridized carbons (Fsp3) is 0.529. The monoisotopic (exact) mass is 336 g/mol. The SMILES string of the molecule is Cc1ccc(Cl)cc1NC(=O)C[C@H]1[NH2+][C@H]2CCCC[C@H]2NC1=O. The van der Waals surface area contributed by atoms with E-state index in [1.165, 1.54) is 12.8 Å². The highest BCUT2D eigenvalue weighted by Gasteiger charge is 2.40. The number of benzene rings is 1. The van der Waals surface area contributed by atoms with E-state index in [1.54, 1.807) is 12.1 Å². The predicted molar refractivity (Wildman–Crippen MR) is 89.3 cm³/mol. The molecular formula is C17H23ClN3O2+. The summed E-state index contributed by atoms with van der Waals surface area (Å²) in [6.07, 6.45) is 4.72. The Morgan fingerprint density at radius 2 is 2.17 bits per heavy atom. The number of nitrogens with one attached hydrogen (secondary N) is 2. The van der Waals surface area contributed by atoms with E-state index in [-0.39, 0.29) is 30.3 Å². The molecule has 0 spiro atoms. The minimum atomic E-state index is -0.339. The number of carbonyl (C=O) groups is 2. The van der Waals surface area contributed by atoms with Crippen molar-refractivity contribution < 1.29 is 14.9 Å². The van der Waals surface area contributed by atoms with Crippen LogP contribution in [0.25, 0.3) is 0 Å². The molecule has 1 heterocycles. The van der Waals surface area contributed by atoms with E-state index in [9.17, 15) is 9.59 Å². The molecule has 1 saturated carbocycles. The van der Waals surface area contributed by atoms with Gasteiger partial charge in [-0.15, -0.1) is 0 Å². The number of nitrogens with two attached hydrogens (primary N) is 1. The number of fused-ring (bicyclic) bond motifs is 1. The van der Waals surface area contributed by atoms with Crippen LogP contribution in [0.15, 0.2) is 18.2 Å². The minimum absolute atomic E-state index is 0.0221. The number of aryl methyl sites for hydroxylation is 1. The molecule has 3 atom stereocenters. The van der Waals surface area contributed by atoms with Gasteiger partial charge in [0.15, 0.2) is 6.04 Å². The first kappa shape index (κ1) is 16.3. The van der Waals surface area contributed by atoms with E-state index in [0.29, 0.717) is 16.8 Å². The predicted octanol–water partition coefficient (Wildman–Crippen LogP) is 1.35. The molecule has 2 aliphatic rings. The van der Waals surface area contributed by atoms with E-state index in [0.717, 1.165) is 18.4 Å². The summed E-state index contributed by atoms with van der Waals surface area (Å²) in [5, 5.41) is 8.63. The van der Waals surface area contributed by atoms with Gasteiger partial charge in [-0.05, 0) is 37.5 Å². The van der Waals surface area contributed by atoms with Gasteiger partial charge in [-0.2, -0.15) is 0 Å². The molecule has 2 fully saturated rings. The van der Waals surface area contributed by atoms with Crippen LogP contribution in [0.2, 0.25) is 5.02 Å². The Hall–Kier alpha value is -1.59. The van der Waals surface area contributed by atoms with E-state index < -0.39 is 0 Å². The average molecular weight is 337 g/mol. The summed E-state index contributed by atoms with van der Waals surface area (Å²) < 4.78 is 0. The Morgan fingerprint density at radius 3 is 3.00 bits per heavy atom. The van der Waals surface area contributed by atoms with Crippen LogP contribution in [0.3, 0.4) is 0 Å². The minimum Gasteiger partial charge on any atom is -0.342 e. The summed E-state index contributed by atoms with van der Waals surface area (Å²) in [4.78, 5) is 24.5. The third kappa shape index (κ3) is 3.85. The maximum atomic E-state index is 12.3. The zero-order chi connectivity index (χ0) is 16.4. The fourth-order valence-corrected chi connectivity index (χ4v) is 3.71. The highest BCUT2D eigenvalue weighted by atomic mass is 35.5. The second-order valence-electron chi connectivity index (χ2n) is 6.57. The molecule has 0 radical (unpaired) electrons. The molecule has 2 amide bonds. The third-order valence-electron chi connectivity index (χ3n) is 4.84. The second-order valence-corrected chi connectivity index (χ2v) is 7.01. The van der Waals surface area contributed by atoms with Crippen molar-refractivity contribution in [1.82, 2.24) is 5.32 Å². The Bertz CT molecular complexity index is 620. The summed E-state index contributed by atoms with van der Waals surface area (Å²) >= 11 is 5.97. The Labute approximate surface area is 141 Å². The second kappa shape index (κ2) is 6.89. The summed E-state index contributed by atoms with van der Waals surface area (Å²) in [6, 6.07) is 5.73. The van der Waals surface area contributed by atoms with E-state index in [2.05, 4.69) is 16.0 Å². The number of rotatable bonds is 3. The molecule has 0 unspecified atom stereocenters. The standard InChI is InChI=1S/C17H22ClN3O2/c1-10-6-7-11(18)8-14(10)20-16(22)9-15-17(23)21-13-5-3-2-4-12(13)19-15/h6-8,12-13,15,19H,2-5,9H2,1H3,(H,20,22)(H,21,23)/p+1/t12-,13+,15+/m0/s1. The molecule has 1 aliphatic heterocycles. The number of quaternary nitrogens is 1. The van der Waals surface area contributed by atoms with Crippen LogP contribution in [0.1, 0.15) is 37.7 Å². The van der Waals surface area contributed by atoms with Gasteiger partial charge in [-0.3, -0.25) is 9.59 Å². The lowest BCUT2D eigenvalue weighted by atomic mass is 9.87.